The maximum absolute atomic E-state index is 11.7. The molecule has 22 heavy (non-hydrogen) atoms. The van der Waals surface area contributed by atoms with Gasteiger partial charge in [0.1, 0.15) is 17.3 Å². The van der Waals surface area contributed by atoms with Gasteiger partial charge >= 0.3 is 5.97 Å². The molecule has 0 N–H and O–H groups in total. The number of carbonyl (C=O) groups is 2. The van der Waals surface area contributed by atoms with E-state index in [2.05, 4.69) is 12.1 Å². The first-order valence-electron chi connectivity index (χ1n) is 7.60. The first kappa shape index (κ1) is 17.0. The fraction of sp³-hybridized carbons (Fsp3) is 0.529. The average Bonchev–Trinajstić information content (AvgIpc) is 2.49. The summed E-state index contributed by atoms with van der Waals surface area (Å²) in [4.78, 5) is 23.8. The maximum atomic E-state index is 11.7. The van der Waals surface area contributed by atoms with E-state index in [0.29, 0.717) is 0 Å². The van der Waals surface area contributed by atoms with Crippen LogP contribution in [0.4, 0.5) is 0 Å². The number of benzene rings is 1. The van der Waals surface area contributed by atoms with Gasteiger partial charge in [0.15, 0.2) is 0 Å². The quantitative estimate of drug-likeness (QED) is 0.749. The van der Waals surface area contributed by atoms with E-state index in [0.717, 1.165) is 12.8 Å². The van der Waals surface area contributed by atoms with Gasteiger partial charge in [0.2, 0.25) is 0 Å². The molecule has 1 aromatic carbocycles. The van der Waals surface area contributed by atoms with E-state index in [4.69, 9.17) is 9.47 Å². The zero-order chi connectivity index (χ0) is 15.9. The maximum Gasteiger partial charge on any atom is 0.306 e. The summed E-state index contributed by atoms with van der Waals surface area (Å²) in [6, 6.07) is 10.1. The van der Waals surface area contributed by atoms with Crippen LogP contribution in [0, 0.1) is 0 Å². The normalized spacial score (nSPS) is 24.7. The molecule has 0 saturated carbocycles. The van der Waals surface area contributed by atoms with Crippen LogP contribution in [0.1, 0.15) is 39.5 Å². The van der Waals surface area contributed by atoms with E-state index in [1.54, 1.807) is 11.8 Å². The highest BCUT2D eigenvalue weighted by atomic mass is 32.2. The van der Waals surface area contributed by atoms with Crippen molar-refractivity contribution in [3.05, 3.63) is 30.3 Å². The Morgan fingerprint density at radius 2 is 1.95 bits per heavy atom. The Balaban J connectivity index is 1.77. The van der Waals surface area contributed by atoms with Gasteiger partial charge in [-0.05, 0) is 38.8 Å². The summed E-state index contributed by atoms with van der Waals surface area (Å²) in [5.74, 6) is -0.311. The molecule has 1 heterocycles. The summed E-state index contributed by atoms with van der Waals surface area (Å²) in [6.45, 7) is 3.41. The molecule has 0 amide bonds. The number of esters is 1. The highest BCUT2D eigenvalue weighted by Gasteiger charge is 2.31. The summed E-state index contributed by atoms with van der Waals surface area (Å²) in [5.41, 5.74) is 0.0876. The van der Waals surface area contributed by atoms with Crippen molar-refractivity contribution in [3.8, 4) is 0 Å². The second-order valence-corrected chi connectivity index (χ2v) is 6.74. The van der Waals surface area contributed by atoms with Gasteiger partial charge in [-0.25, -0.2) is 0 Å². The van der Waals surface area contributed by atoms with Crippen molar-refractivity contribution in [1.82, 2.24) is 0 Å². The molecule has 1 aromatic rings. The lowest BCUT2D eigenvalue weighted by Gasteiger charge is -2.33. The summed E-state index contributed by atoms with van der Waals surface area (Å²) < 4.78 is 11.4. The SMILES string of the molecule is CC(=O)CCC(=O)O[C@H]1CC[C@H](Sc2ccccc2)O[C@H]1C. The first-order valence-corrected chi connectivity index (χ1v) is 8.48. The Labute approximate surface area is 135 Å². The van der Waals surface area contributed by atoms with E-state index < -0.39 is 0 Å². The third-order valence-corrected chi connectivity index (χ3v) is 4.71. The van der Waals surface area contributed by atoms with E-state index in [1.807, 2.05) is 25.1 Å². The highest BCUT2D eigenvalue weighted by molar-refractivity contribution is 7.99. The van der Waals surface area contributed by atoms with Crippen molar-refractivity contribution in [2.24, 2.45) is 0 Å². The van der Waals surface area contributed by atoms with Crippen molar-refractivity contribution in [2.45, 2.75) is 62.1 Å². The van der Waals surface area contributed by atoms with Gasteiger partial charge in [-0.3, -0.25) is 4.79 Å². The van der Waals surface area contributed by atoms with Crippen LogP contribution in [0.25, 0.3) is 0 Å². The third-order valence-electron chi connectivity index (χ3n) is 3.55. The zero-order valence-electron chi connectivity index (χ0n) is 13.0. The molecule has 4 nitrogen and oxygen atoms in total. The Morgan fingerprint density at radius 1 is 1.23 bits per heavy atom. The number of hydrogen-bond acceptors (Lipinski definition) is 5. The Bertz CT molecular complexity index is 503. The summed E-state index contributed by atoms with van der Waals surface area (Å²) in [7, 11) is 0. The monoisotopic (exact) mass is 322 g/mol. The number of carbonyl (C=O) groups excluding carboxylic acids is 2. The van der Waals surface area contributed by atoms with E-state index in [-0.39, 0.29) is 42.2 Å². The van der Waals surface area contributed by atoms with Gasteiger partial charge in [0.05, 0.1) is 12.5 Å². The van der Waals surface area contributed by atoms with Crippen LogP contribution < -0.4 is 0 Å². The van der Waals surface area contributed by atoms with Crippen LogP contribution in [0.15, 0.2) is 35.2 Å². The van der Waals surface area contributed by atoms with Gasteiger partial charge in [-0.15, -0.1) is 0 Å². The van der Waals surface area contributed by atoms with Gasteiger partial charge in [0, 0.05) is 11.3 Å². The Hall–Kier alpha value is -1.33. The van der Waals surface area contributed by atoms with Gasteiger partial charge in [-0.2, -0.15) is 0 Å². The van der Waals surface area contributed by atoms with Crippen molar-refractivity contribution in [3.63, 3.8) is 0 Å². The predicted octanol–water partition coefficient (Wildman–Crippen LogP) is 3.58. The number of thioether (sulfide) groups is 1. The number of rotatable bonds is 6. The molecule has 2 rings (SSSR count). The van der Waals surface area contributed by atoms with E-state index in [1.165, 1.54) is 11.8 Å². The third kappa shape index (κ3) is 5.46. The summed E-state index contributed by atoms with van der Waals surface area (Å²) >= 11 is 1.70. The molecule has 0 aromatic heterocycles. The van der Waals surface area contributed by atoms with E-state index in [9.17, 15) is 9.59 Å². The molecular weight excluding hydrogens is 300 g/mol. The average molecular weight is 322 g/mol. The van der Waals surface area contributed by atoms with Crippen LogP contribution in [-0.2, 0) is 19.1 Å². The molecule has 3 atom stereocenters. The number of ketones is 1. The molecule has 5 heteroatoms. The largest absolute Gasteiger partial charge is 0.460 e. The van der Waals surface area contributed by atoms with Crippen LogP contribution in [0.5, 0.6) is 0 Å². The molecule has 1 saturated heterocycles. The minimum Gasteiger partial charge on any atom is -0.460 e. The lowest BCUT2D eigenvalue weighted by atomic mass is 10.1. The highest BCUT2D eigenvalue weighted by Crippen LogP contribution is 2.33. The molecule has 1 aliphatic heterocycles. The molecule has 1 aliphatic rings. The second-order valence-electron chi connectivity index (χ2n) is 5.51. The van der Waals surface area contributed by atoms with Crippen LogP contribution in [-0.4, -0.2) is 29.4 Å². The van der Waals surface area contributed by atoms with Crippen molar-refractivity contribution in [1.29, 1.82) is 0 Å². The predicted molar refractivity (Wildman–Crippen MR) is 85.7 cm³/mol. The molecule has 0 radical (unpaired) electrons. The fourth-order valence-electron chi connectivity index (χ4n) is 2.33. The topological polar surface area (TPSA) is 52.6 Å². The molecule has 0 spiro atoms. The minimum atomic E-state index is -0.315. The zero-order valence-corrected chi connectivity index (χ0v) is 13.8. The standard InChI is InChI=1S/C17H22O4S/c1-12(18)8-10-16(19)21-15-9-11-17(20-13(15)2)22-14-6-4-3-5-7-14/h3-7,13,15,17H,8-11H2,1-2H3/t13-,15-,17-/m0/s1. The smallest absolute Gasteiger partial charge is 0.306 e. The van der Waals surface area contributed by atoms with Gasteiger partial charge in [0.25, 0.3) is 0 Å². The molecular formula is C17H22O4S. The molecule has 0 aliphatic carbocycles. The van der Waals surface area contributed by atoms with Crippen molar-refractivity contribution < 1.29 is 19.1 Å². The van der Waals surface area contributed by atoms with Crippen LogP contribution in [0.3, 0.4) is 0 Å². The first-order chi connectivity index (χ1) is 10.5. The molecule has 0 unspecified atom stereocenters. The Kier molecular flexibility index (Phi) is 6.46. The summed E-state index contributed by atoms with van der Waals surface area (Å²) in [5, 5.41) is 0. The van der Waals surface area contributed by atoms with E-state index >= 15 is 0 Å². The Morgan fingerprint density at radius 3 is 2.59 bits per heavy atom. The van der Waals surface area contributed by atoms with Gasteiger partial charge < -0.3 is 14.3 Å². The molecule has 0 bridgehead atoms. The van der Waals surface area contributed by atoms with Crippen molar-refractivity contribution in [2.75, 3.05) is 0 Å². The summed E-state index contributed by atoms with van der Waals surface area (Å²) in [6.07, 6.45) is 1.68. The molecule has 120 valence electrons. The lowest BCUT2D eigenvalue weighted by molar-refractivity contribution is -0.164. The second kappa shape index (κ2) is 8.34. The minimum absolute atomic E-state index is 0.00391. The van der Waals surface area contributed by atoms with Crippen LogP contribution in [0.2, 0.25) is 0 Å². The number of hydrogen-bond donors (Lipinski definition) is 0. The fourth-order valence-corrected chi connectivity index (χ4v) is 3.43. The number of Topliss-reactive ketones (excluding diaryl/α,β-unsaturated/α-hetero) is 1. The van der Waals surface area contributed by atoms with Crippen molar-refractivity contribution >= 4 is 23.5 Å². The lowest BCUT2D eigenvalue weighted by Crippen LogP contribution is -2.38. The van der Waals surface area contributed by atoms with Gasteiger partial charge in [-0.1, -0.05) is 30.0 Å². The number of ether oxygens (including phenoxy) is 2. The molecule has 1 fully saturated rings. The van der Waals surface area contributed by atoms with Crippen LogP contribution >= 0.6 is 11.8 Å².